The van der Waals surface area contributed by atoms with E-state index in [1.54, 1.807) is 12.1 Å². The molecule has 0 saturated heterocycles. The maximum atomic E-state index is 13.5. The SMILES string of the molecule is COc1cc([C@H]2Nc3nonc3NC3=C2C(=O)C[C@H](c2ccc(Cl)cc2)C3)cc(OC)c1O. The van der Waals surface area contributed by atoms with Crippen LogP contribution in [0.1, 0.15) is 35.9 Å². The fourth-order valence-electron chi connectivity index (χ4n) is 4.40. The van der Waals surface area contributed by atoms with E-state index in [1.807, 2.05) is 24.3 Å². The molecule has 3 aromatic rings. The number of methoxy groups -OCH3 is 2. The number of nitrogens with one attached hydrogen (secondary N) is 2. The molecule has 2 heterocycles. The van der Waals surface area contributed by atoms with Crippen molar-refractivity contribution in [1.29, 1.82) is 0 Å². The zero-order valence-corrected chi connectivity index (χ0v) is 18.6. The smallest absolute Gasteiger partial charge is 0.219 e. The monoisotopic (exact) mass is 468 g/mol. The molecule has 1 aliphatic carbocycles. The van der Waals surface area contributed by atoms with E-state index >= 15 is 0 Å². The summed E-state index contributed by atoms with van der Waals surface area (Å²) in [5, 5.41) is 25.4. The number of fused-ring (bicyclic) bond motifs is 1. The molecule has 0 radical (unpaired) electrons. The molecular weight excluding hydrogens is 448 g/mol. The van der Waals surface area contributed by atoms with Gasteiger partial charge in [0.2, 0.25) is 17.4 Å². The van der Waals surface area contributed by atoms with E-state index in [-0.39, 0.29) is 28.9 Å². The van der Waals surface area contributed by atoms with Crippen LogP contribution in [0.4, 0.5) is 11.6 Å². The van der Waals surface area contributed by atoms with E-state index in [9.17, 15) is 9.90 Å². The van der Waals surface area contributed by atoms with Crippen LogP contribution in [-0.4, -0.2) is 35.4 Å². The van der Waals surface area contributed by atoms with Crippen molar-refractivity contribution in [1.82, 2.24) is 10.3 Å². The number of halogens is 1. The molecule has 0 bridgehead atoms. The topological polar surface area (TPSA) is 119 Å². The number of benzene rings is 2. The average Bonchev–Trinajstić information content (AvgIpc) is 3.18. The predicted molar refractivity (Wildman–Crippen MR) is 121 cm³/mol. The van der Waals surface area contributed by atoms with Crippen molar-refractivity contribution >= 4 is 29.0 Å². The Kier molecular flexibility index (Phi) is 5.33. The standard InChI is InChI=1S/C23H21ClN4O5/c1-31-17-9-13(10-18(32-2)21(17)30)20-19-15(25-22-23(26-20)28-33-27-22)7-12(8-16(19)29)11-3-5-14(24)6-4-11/h3-6,9-10,12,20,30H,7-8H2,1-2H3,(H,25,27)(H,26,28)/t12-,20-/m1/s1. The molecule has 9 nitrogen and oxygen atoms in total. The lowest BCUT2D eigenvalue weighted by atomic mass is 9.78. The molecule has 10 heteroatoms. The van der Waals surface area contributed by atoms with Crippen LogP contribution in [0.3, 0.4) is 0 Å². The number of nitrogens with zero attached hydrogens (tertiary/aromatic N) is 2. The summed E-state index contributed by atoms with van der Waals surface area (Å²) in [5.74, 6) is 1.06. The molecule has 0 spiro atoms. The first-order chi connectivity index (χ1) is 16.0. The number of phenolic OH excluding ortho intramolecular Hbond substituents is 1. The minimum Gasteiger partial charge on any atom is -0.502 e. The van der Waals surface area contributed by atoms with Gasteiger partial charge in [-0.15, -0.1) is 0 Å². The second-order valence-electron chi connectivity index (χ2n) is 7.91. The molecule has 0 unspecified atom stereocenters. The normalized spacial score (nSPS) is 19.7. The van der Waals surface area contributed by atoms with Crippen molar-refractivity contribution in [3.05, 3.63) is 63.8 Å². The number of allylic oxidation sites excluding steroid dienone is 1. The summed E-state index contributed by atoms with van der Waals surface area (Å²) < 4.78 is 15.6. The molecule has 33 heavy (non-hydrogen) atoms. The van der Waals surface area contributed by atoms with Gasteiger partial charge >= 0.3 is 0 Å². The first kappa shape index (κ1) is 21.1. The van der Waals surface area contributed by atoms with Gasteiger partial charge in [0, 0.05) is 22.7 Å². The third-order valence-corrected chi connectivity index (χ3v) is 6.26. The number of phenols is 1. The molecule has 2 aromatic carbocycles. The molecule has 0 amide bonds. The fourth-order valence-corrected chi connectivity index (χ4v) is 4.53. The van der Waals surface area contributed by atoms with Crippen LogP contribution in [0, 0.1) is 0 Å². The molecule has 0 fully saturated rings. The van der Waals surface area contributed by atoms with E-state index in [1.165, 1.54) is 14.2 Å². The number of ether oxygens (including phenoxy) is 2. The number of anilines is 2. The second kappa shape index (κ2) is 8.32. The van der Waals surface area contributed by atoms with Gasteiger partial charge in [0.1, 0.15) is 0 Å². The molecule has 2 aliphatic rings. The largest absolute Gasteiger partial charge is 0.502 e. The van der Waals surface area contributed by atoms with Gasteiger partial charge in [-0.05, 0) is 58.0 Å². The van der Waals surface area contributed by atoms with Gasteiger partial charge in [-0.3, -0.25) is 4.79 Å². The lowest BCUT2D eigenvalue weighted by Crippen LogP contribution is -2.27. The molecule has 170 valence electrons. The van der Waals surface area contributed by atoms with Gasteiger partial charge in [0.25, 0.3) is 0 Å². The number of carbonyl (C=O) groups is 1. The van der Waals surface area contributed by atoms with Crippen LogP contribution in [0.15, 0.2) is 52.3 Å². The molecule has 5 rings (SSSR count). The lowest BCUT2D eigenvalue weighted by Gasteiger charge is -2.30. The zero-order valence-electron chi connectivity index (χ0n) is 17.9. The number of carbonyl (C=O) groups excluding carboxylic acids is 1. The van der Waals surface area contributed by atoms with Crippen LogP contribution in [0.2, 0.25) is 5.02 Å². The number of rotatable bonds is 4. The van der Waals surface area contributed by atoms with E-state index in [0.717, 1.165) is 11.3 Å². The Labute approximate surface area is 194 Å². The van der Waals surface area contributed by atoms with Crippen molar-refractivity contribution in [3.63, 3.8) is 0 Å². The summed E-state index contributed by atoms with van der Waals surface area (Å²) in [6, 6.07) is 10.3. The van der Waals surface area contributed by atoms with Crippen molar-refractivity contribution in [2.24, 2.45) is 0 Å². The van der Waals surface area contributed by atoms with Gasteiger partial charge in [-0.2, -0.15) is 0 Å². The number of aromatic nitrogens is 2. The highest BCUT2D eigenvalue weighted by molar-refractivity contribution is 6.30. The maximum absolute atomic E-state index is 13.5. The van der Waals surface area contributed by atoms with Gasteiger partial charge < -0.3 is 25.2 Å². The zero-order chi connectivity index (χ0) is 23.1. The van der Waals surface area contributed by atoms with E-state index in [2.05, 4.69) is 20.9 Å². The van der Waals surface area contributed by atoms with Gasteiger partial charge in [0.15, 0.2) is 17.3 Å². The lowest BCUT2D eigenvalue weighted by molar-refractivity contribution is -0.116. The molecule has 1 aliphatic heterocycles. The molecule has 3 N–H and O–H groups in total. The van der Waals surface area contributed by atoms with Crippen LogP contribution < -0.4 is 20.1 Å². The molecular formula is C23H21ClN4O5. The summed E-state index contributed by atoms with van der Waals surface area (Å²) in [7, 11) is 2.90. The highest BCUT2D eigenvalue weighted by atomic mass is 35.5. The predicted octanol–water partition coefficient (Wildman–Crippen LogP) is 4.43. The third kappa shape index (κ3) is 3.74. The summed E-state index contributed by atoms with van der Waals surface area (Å²) >= 11 is 6.04. The number of hydrogen-bond donors (Lipinski definition) is 3. The molecule has 2 atom stereocenters. The van der Waals surface area contributed by atoms with Gasteiger partial charge in [-0.1, -0.05) is 23.7 Å². The van der Waals surface area contributed by atoms with Crippen molar-refractivity contribution < 1.29 is 24.0 Å². The third-order valence-electron chi connectivity index (χ3n) is 6.01. The number of ketones is 1. The van der Waals surface area contributed by atoms with Crippen molar-refractivity contribution in [3.8, 4) is 17.2 Å². The van der Waals surface area contributed by atoms with Crippen LogP contribution in [-0.2, 0) is 4.79 Å². The van der Waals surface area contributed by atoms with Crippen LogP contribution in [0.25, 0.3) is 0 Å². The summed E-state index contributed by atoms with van der Waals surface area (Å²) in [4.78, 5) is 13.5. The Hall–Kier alpha value is -3.72. The Balaban J connectivity index is 1.62. The van der Waals surface area contributed by atoms with E-state index in [4.69, 9.17) is 25.7 Å². The molecule has 0 saturated carbocycles. The Morgan fingerprint density at radius 3 is 2.36 bits per heavy atom. The average molecular weight is 469 g/mol. The molecule has 1 aromatic heterocycles. The fraction of sp³-hybridized carbons (Fsp3) is 0.261. The van der Waals surface area contributed by atoms with Gasteiger partial charge in [0.05, 0.1) is 20.3 Å². The van der Waals surface area contributed by atoms with Gasteiger partial charge in [-0.25, -0.2) is 4.63 Å². The minimum atomic E-state index is -0.595. The van der Waals surface area contributed by atoms with Crippen LogP contribution >= 0.6 is 11.6 Å². The summed E-state index contributed by atoms with van der Waals surface area (Å²) in [6.07, 6.45) is 0.918. The Morgan fingerprint density at radius 1 is 1.03 bits per heavy atom. The summed E-state index contributed by atoms with van der Waals surface area (Å²) in [5.41, 5.74) is 2.98. The van der Waals surface area contributed by atoms with Crippen molar-refractivity contribution in [2.75, 3.05) is 24.9 Å². The van der Waals surface area contributed by atoms with E-state index in [0.29, 0.717) is 40.6 Å². The minimum absolute atomic E-state index is 0.0192. The highest BCUT2D eigenvalue weighted by Crippen LogP contribution is 2.46. The second-order valence-corrected chi connectivity index (χ2v) is 8.35. The highest BCUT2D eigenvalue weighted by Gasteiger charge is 2.38. The Bertz CT molecular complexity index is 1230. The first-order valence-corrected chi connectivity index (χ1v) is 10.7. The van der Waals surface area contributed by atoms with Crippen molar-refractivity contribution in [2.45, 2.75) is 24.8 Å². The Morgan fingerprint density at radius 2 is 1.70 bits per heavy atom. The summed E-state index contributed by atoms with van der Waals surface area (Å²) in [6.45, 7) is 0. The number of Topliss-reactive ketones (excluding diaryl/α,β-unsaturated/α-hetero) is 1. The van der Waals surface area contributed by atoms with E-state index < -0.39 is 6.04 Å². The first-order valence-electron chi connectivity index (χ1n) is 10.3. The number of aromatic hydroxyl groups is 1. The van der Waals surface area contributed by atoms with Crippen LogP contribution in [0.5, 0.6) is 17.2 Å². The quantitative estimate of drug-likeness (QED) is 0.511. The maximum Gasteiger partial charge on any atom is 0.219 e. The number of hydrogen-bond acceptors (Lipinski definition) is 9.